The maximum atomic E-state index is 12.5. The molecule has 3 rings (SSSR count). The Balaban J connectivity index is 1.63. The van der Waals surface area contributed by atoms with Crippen molar-refractivity contribution in [2.75, 3.05) is 16.5 Å². The summed E-state index contributed by atoms with van der Waals surface area (Å²) in [5.41, 5.74) is 3.04. The van der Waals surface area contributed by atoms with E-state index >= 15 is 0 Å². The number of imidazole rings is 1. The van der Waals surface area contributed by atoms with E-state index in [1.807, 2.05) is 30.3 Å². The summed E-state index contributed by atoms with van der Waals surface area (Å²) in [6.45, 7) is 3.24. The number of nitrogens with one attached hydrogen (secondary N) is 2. The lowest BCUT2D eigenvalue weighted by Gasteiger charge is -2.12. The van der Waals surface area contributed by atoms with Gasteiger partial charge in [-0.05, 0) is 31.2 Å². The smallest absolute Gasteiger partial charge is 0.237 e. The van der Waals surface area contributed by atoms with Crippen LogP contribution in [0.2, 0.25) is 0 Å². The van der Waals surface area contributed by atoms with Gasteiger partial charge in [0.25, 0.3) is 0 Å². The summed E-state index contributed by atoms with van der Waals surface area (Å²) in [4.78, 5) is 28.1. The third-order valence-corrected chi connectivity index (χ3v) is 4.97. The number of nitrogens with zero attached hydrogens (tertiary/aromatic N) is 2. The first-order valence-corrected chi connectivity index (χ1v) is 9.55. The van der Waals surface area contributed by atoms with Gasteiger partial charge in [0.1, 0.15) is 0 Å². The molecular formula is C20H21N5O2S. The second-order valence-electron chi connectivity index (χ2n) is 6.19. The first-order chi connectivity index (χ1) is 13.4. The Morgan fingerprint density at radius 2 is 1.64 bits per heavy atom. The average Bonchev–Trinajstić information content (AvgIpc) is 3.04. The van der Waals surface area contributed by atoms with Crippen LogP contribution < -0.4 is 16.5 Å². The van der Waals surface area contributed by atoms with Gasteiger partial charge in [-0.3, -0.25) is 9.59 Å². The summed E-state index contributed by atoms with van der Waals surface area (Å²) in [7, 11) is 0. The second-order valence-corrected chi connectivity index (χ2v) is 7.50. The van der Waals surface area contributed by atoms with Crippen LogP contribution in [0.5, 0.6) is 0 Å². The number of rotatable bonds is 6. The highest BCUT2D eigenvalue weighted by Gasteiger charge is 2.18. The molecule has 3 aromatic rings. The Bertz CT molecular complexity index is 970. The largest absolute Gasteiger partial charge is 0.337 e. The van der Waals surface area contributed by atoms with Crippen molar-refractivity contribution in [2.24, 2.45) is 0 Å². The number of anilines is 2. The minimum atomic E-state index is -0.400. The molecule has 8 heteroatoms. The molecule has 2 aromatic carbocycles. The predicted octanol–water partition coefficient (Wildman–Crippen LogP) is 3.34. The van der Waals surface area contributed by atoms with Crippen LogP contribution >= 0.6 is 11.8 Å². The van der Waals surface area contributed by atoms with Crippen molar-refractivity contribution in [1.29, 1.82) is 0 Å². The van der Waals surface area contributed by atoms with Gasteiger partial charge in [-0.15, -0.1) is 0 Å². The van der Waals surface area contributed by atoms with Crippen LogP contribution in [0.1, 0.15) is 13.8 Å². The van der Waals surface area contributed by atoms with Crippen molar-refractivity contribution in [1.82, 2.24) is 9.66 Å². The zero-order chi connectivity index (χ0) is 20.1. The summed E-state index contributed by atoms with van der Waals surface area (Å²) in [5, 5.41) is 5.69. The van der Waals surface area contributed by atoms with E-state index in [9.17, 15) is 9.59 Å². The molecule has 0 aliphatic rings. The molecule has 2 amide bonds. The third kappa shape index (κ3) is 4.92. The number of aromatic nitrogens is 2. The van der Waals surface area contributed by atoms with Crippen LogP contribution in [0.15, 0.2) is 66.0 Å². The van der Waals surface area contributed by atoms with Gasteiger partial charge in [0.2, 0.25) is 11.8 Å². The van der Waals surface area contributed by atoms with E-state index in [2.05, 4.69) is 15.6 Å². The minimum Gasteiger partial charge on any atom is -0.337 e. The molecule has 0 spiro atoms. The molecule has 144 valence electrons. The van der Waals surface area contributed by atoms with Crippen LogP contribution in [-0.2, 0) is 9.59 Å². The summed E-state index contributed by atoms with van der Waals surface area (Å²) in [6.07, 6.45) is 1.74. The number of hydrogen-bond acceptors (Lipinski definition) is 5. The summed E-state index contributed by atoms with van der Waals surface area (Å²) >= 11 is 1.28. The van der Waals surface area contributed by atoms with E-state index in [0.29, 0.717) is 16.5 Å². The maximum Gasteiger partial charge on any atom is 0.237 e. The number of thioether (sulfide) groups is 1. The van der Waals surface area contributed by atoms with E-state index in [1.165, 1.54) is 23.4 Å². The number of benzene rings is 2. The summed E-state index contributed by atoms with van der Waals surface area (Å²) in [5.74, 6) is 5.69. The fourth-order valence-electron chi connectivity index (χ4n) is 2.51. The Morgan fingerprint density at radius 3 is 2.25 bits per heavy atom. The van der Waals surface area contributed by atoms with Crippen molar-refractivity contribution in [3.05, 3.63) is 60.8 Å². The standard InChI is InChI=1S/C20H21N5O2S/c1-13(19(27)23-17-10-8-16(9-11-17)22-14(2)26)28-20-24-18(12-25(20)21)15-6-4-3-5-7-15/h3-13H,21H2,1-2H3,(H,22,26)(H,23,27). The SMILES string of the molecule is CC(=O)Nc1ccc(NC(=O)C(C)Sc2nc(-c3ccccc3)cn2N)cc1. The molecule has 0 bridgehead atoms. The molecule has 7 nitrogen and oxygen atoms in total. The predicted molar refractivity (Wildman–Crippen MR) is 113 cm³/mol. The quantitative estimate of drug-likeness (QED) is 0.439. The van der Waals surface area contributed by atoms with Gasteiger partial charge < -0.3 is 16.5 Å². The van der Waals surface area contributed by atoms with Crippen LogP contribution in [0.3, 0.4) is 0 Å². The van der Waals surface area contributed by atoms with Gasteiger partial charge in [-0.2, -0.15) is 0 Å². The van der Waals surface area contributed by atoms with Crippen molar-refractivity contribution < 1.29 is 9.59 Å². The average molecular weight is 395 g/mol. The van der Waals surface area contributed by atoms with E-state index in [1.54, 1.807) is 37.4 Å². The molecule has 1 unspecified atom stereocenters. The van der Waals surface area contributed by atoms with Crippen LogP contribution in [0.25, 0.3) is 11.3 Å². The number of nitrogen functional groups attached to an aromatic ring is 1. The molecule has 4 N–H and O–H groups in total. The number of carbonyl (C=O) groups excluding carboxylic acids is 2. The fraction of sp³-hybridized carbons (Fsp3) is 0.150. The highest BCUT2D eigenvalue weighted by molar-refractivity contribution is 8.00. The van der Waals surface area contributed by atoms with Crippen molar-refractivity contribution in [3.8, 4) is 11.3 Å². The molecule has 0 saturated carbocycles. The molecule has 0 radical (unpaired) electrons. The van der Waals surface area contributed by atoms with Gasteiger partial charge in [0.05, 0.1) is 17.1 Å². The molecule has 0 aliphatic heterocycles. The summed E-state index contributed by atoms with van der Waals surface area (Å²) in [6, 6.07) is 16.6. The normalized spacial score (nSPS) is 11.6. The van der Waals surface area contributed by atoms with Crippen molar-refractivity contribution in [3.63, 3.8) is 0 Å². The number of nitrogens with two attached hydrogens (primary N) is 1. The lowest BCUT2D eigenvalue weighted by Crippen LogP contribution is -2.23. The third-order valence-electron chi connectivity index (χ3n) is 3.89. The van der Waals surface area contributed by atoms with Crippen molar-refractivity contribution in [2.45, 2.75) is 24.3 Å². The van der Waals surface area contributed by atoms with Crippen LogP contribution in [0, 0.1) is 0 Å². The molecule has 1 aromatic heterocycles. The zero-order valence-electron chi connectivity index (χ0n) is 15.5. The maximum absolute atomic E-state index is 12.5. The molecule has 28 heavy (non-hydrogen) atoms. The Morgan fingerprint density at radius 1 is 1.04 bits per heavy atom. The van der Waals surface area contributed by atoms with Gasteiger partial charge >= 0.3 is 0 Å². The minimum absolute atomic E-state index is 0.144. The van der Waals surface area contributed by atoms with Crippen LogP contribution in [-0.4, -0.2) is 26.7 Å². The molecule has 0 fully saturated rings. The molecule has 0 saturated heterocycles. The monoisotopic (exact) mass is 395 g/mol. The molecule has 0 aliphatic carbocycles. The van der Waals surface area contributed by atoms with Gasteiger partial charge in [0.15, 0.2) is 5.16 Å². The molecular weight excluding hydrogens is 374 g/mol. The zero-order valence-corrected chi connectivity index (χ0v) is 16.4. The van der Waals surface area contributed by atoms with E-state index < -0.39 is 5.25 Å². The second kappa shape index (κ2) is 8.62. The number of amides is 2. The lowest BCUT2D eigenvalue weighted by molar-refractivity contribution is -0.115. The van der Waals surface area contributed by atoms with E-state index in [0.717, 1.165) is 11.3 Å². The highest BCUT2D eigenvalue weighted by atomic mass is 32.2. The molecule has 1 heterocycles. The Hall–Kier alpha value is -3.26. The number of carbonyl (C=O) groups is 2. The Labute approximate surface area is 167 Å². The van der Waals surface area contributed by atoms with Gasteiger partial charge in [-0.25, -0.2) is 9.66 Å². The topological polar surface area (TPSA) is 102 Å². The summed E-state index contributed by atoms with van der Waals surface area (Å²) < 4.78 is 1.43. The fourth-order valence-corrected chi connectivity index (χ4v) is 3.32. The number of hydrogen-bond donors (Lipinski definition) is 3. The molecule has 1 atom stereocenters. The van der Waals surface area contributed by atoms with Gasteiger partial charge in [-0.1, -0.05) is 42.1 Å². The highest BCUT2D eigenvalue weighted by Crippen LogP contribution is 2.26. The van der Waals surface area contributed by atoms with Crippen LogP contribution in [0.4, 0.5) is 11.4 Å². The van der Waals surface area contributed by atoms with E-state index in [-0.39, 0.29) is 11.8 Å². The van der Waals surface area contributed by atoms with Crippen molar-refractivity contribution >= 4 is 35.0 Å². The first kappa shape index (κ1) is 19.5. The Kier molecular flexibility index (Phi) is 6.00. The van der Waals surface area contributed by atoms with Gasteiger partial charge in [0, 0.05) is 23.9 Å². The van der Waals surface area contributed by atoms with E-state index in [4.69, 9.17) is 5.84 Å². The first-order valence-electron chi connectivity index (χ1n) is 8.67. The lowest BCUT2D eigenvalue weighted by atomic mass is 10.2.